The number of ether oxygens (including phenoxy) is 1. The highest BCUT2D eigenvalue weighted by atomic mass is 19.1. The van der Waals surface area contributed by atoms with Gasteiger partial charge in [-0.1, -0.05) is 0 Å². The quantitative estimate of drug-likeness (QED) is 0.498. The van der Waals surface area contributed by atoms with Crippen molar-refractivity contribution in [3.05, 3.63) is 29.6 Å². The molecule has 0 fully saturated rings. The number of halogens is 1. The normalized spacial score (nSPS) is 10.1. The Bertz CT molecular complexity index is 475. The number of anilines is 1. The van der Waals surface area contributed by atoms with Crippen molar-refractivity contribution in [1.82, 2.24) is 4.90 Å². The first kappa shape index (κ1) is 14.9. The molecule has 104 valence electrons. The number of nitrogens with zero attached hydrogens (tertiary/aromatic N) is 1. The Balaban J connectivity index is 2.44. The molecule has 0 aromatic heterocycles. The van der Waals surface area contributed by atoms with E-state index in [1.807, 2.05) is 0 Å². The maximum atomic E-state index is 13.3. The number of benzene rings is 1. The maximum absolute atomic E-state index is 13.3. The first-order valence-electron chi connectivity index (χ1n) is 5.84. The summed E-state index contributed by atoms with van der Waals surface area (Å²) in [6, 6.07) is 3.70. The van der Waals surface area contributed by atoms with Crippen molar-refractivity contribution < 1.29 is 18.7 Å². The number of nitrogen functional groups attached to an aromatic ring is 1. The van der Waals surface area contributed by atoms with Gasteiger partial charge in [0, 0.05) is 26.2 Å². The summed E-state index contributed by atoms with van der Waals surface area (Å²) in [6.07, 6.45) is 0.673. The van der Waals surface area contributed by atoms with E-state index in [4.69, 9.17) is 10.5 Å². The van der Waals surface area contributed by atoms with Crippen LogP contribution >= 0.6 is 0 Å². The van der Waals surface area contributed by atoms with E-state index in [9.17, 15) is 14.0 Å². The van der Waals surface area contributed by atoms with E-state index in [-0.39, 0.29) is 30.2 Å². The fourth-order valence-corrected chi connectivity index (χ4v) is 1.39. The van der Waals surface area contributed by atoms with Crippen molar-refractivity contribution in [1.29, 1.82) is 0 Å². The van der Waals surface area contributed by atoms with Crippen LogP contribution in [-0.2, 0) is 9.53 Å². The van der Waals surface area contributed by atoms with Gasteiger partial charge < -0.3 is 15.4 Å². The molecule has 0 bridgehead atoms. The monoisotopic (exact) mass is 268 g/mol. The van der Waals surface area contributed by atoms with Gasteiger partial charge in [-0.15, -0.1) is 0 Å². The molecule has 0 aliphatic rings. The summed E-state index contributed by atoms with van der Waals surface area (Å²) in [5.74, 6) is -1.50. The summed E-state index contributed by atoms with van der Waals surface area (Å²) < 4.78 is 18.2. The number of esters is 1. The topological polar surface area (TPSA) is 72.6 Å². The SMILES string of the molecule is CN(C)C(=O)CCCOC(=O)c1cc(N)ccc1F. The summed E-state index contributed by atoms with van der Waals surface area (Å²) in [7, 11) is 3.30. The Labute approximate surface area is 111 Å². The molecule has 6 heteroatoms. The minimum Gasteiger partial charge on any atom is -0.462 e. The van der Waals surface area contributed by atoms with Crippen LogP contribution in [0, 0.1) is 5.82 Å². The van der Waals surface area contributed by atoms with Gasteiger partial charge in [0.05, 0.1) is 12.2 Å². The van der Waals surface area contributed by atoms with Gasteiger partial charge in [-0.05, 0) is 24.6 Å². The lowest BCUT2D eigenvalue weighted by molar-refractivity contribution is -0.128. The Morgan fingerprint density at radius 2 is 2.05 bits per heavy atom. The Morgan fingerprint density at radius 1 is 1.37 bits per heavy atom. The fourth-order valence-electron chi connectivity index (χ4n) is 1.39. The molecule has 5 nitrogen and oxygen atoms in total. The first-order chi connectivity index (χ1) is 8.91. The molecule has 1 aromatic carbocycles. The number of rotatable bonds is 5. The molecule has 0 saturated carbocycles. The molecular formula is C13H17FN2O3. The van der Waals surface area contributed by atoms with E-state index < -0.39 is 11.8 Å². The Hall–Kier alpha value is -2.11. The molecule has 1 amide bonds. The molecule has 0 spiro atoms. The van der Waals surface area contributed by atoms with Crippen molar-refractivity contribution in [2.75, 3.05) is 26.4 Å². The number of hydrogen-bond acceptors (Lipinski definition) is 4. The standard InChI is InChI=1S/C13H17FN2O3/c1-16(2)12(17)4-3-7-19-13(18)10-8-9(15)5-6-11(10)14/h5-6,8H,3-4,7,15H2,1-2H3. The van der Waals surface area contributed by atoms with Crippen LogP contribution < -0.4 is 5.73 Å². The summed E-state index contributed by atoms with van der Waals surface area (Å²) >= 11 is 0. The van der Waals surface area contributed by atoms with Gasteiger partial charge in [-0.3, -0.25) is 4.79 Å². The third-order valence-corrected chi connectivity index (χ3v) is 2.48. The minimum absolute atomic E-state index is 0.0498. The number of carbonyl (C=O) groups excluding carboxylic acids is 2. The molecule has 0 aliphatic heterocycles. The molecule has 0 radical (unpaired) electrons. The third kappa shape index (κ3) is 4.57. The van der Waals surface area contributed by atoms with Crippen LogP contribution in [0.25, 0.3) is 0 Å². The van der Waals surface area contributed by atoms with Crippen LogP contribution in [0.2, 0.25) is 0 Å². The van der Waals surface area contributed by atoms with Crippen LogP contribution in [0.1, 0.15) is 23.2 Å². The molecule has 1 aromatic rings. The van der Waals surface area contributed by atoms with Gasteiger partial charge >= 0.3 is 5.97 Å². The van der Waals surface area contributed by atoms with Crippen LogP contribution in [-0.4, -0.2) is 37.5 Å². The summed E-state index contributed by atoms with van der Waals surface area (Å²) in [5, 5.41) is 0. The van der Waals surface area contributed by atoms with Gasteiger partial charge in [-0.2, -0.15) is 0 Å². The second-order valence-electron chi connectivity index (χ2n) is 4.27. The molecule has 19 heavy (non-hydrogen) atoms. The van der Waals surface area contributed by atoms with Crippen molar-refractivity contribution in [2.24, 2.45) is 0 Å². The summed E-state index contributed by atoms with van der Waals surface area (Å²) in [4.78, 5) is 24.3. The Morgan fingerprint density at radius 3 is 2.68 bits per heavy atom. The Kier molecular flexibility index (Phi) is 5.29. The largest absolute Gasteiger partial charge is 0.462 e. The number of amides is 1. The smallest absolute Gasteiger partial charge is 0.341 e. The van der Waals surface area contributed by atoms with E-state index in [1.54, 1.807) is 14.1 Å². The lowest BCUT2D eigenvalue weighted by Gasteiger charge is -2.10. The van der Waals surface area contributed by atoms with E-state index in [0.29, 0.717) is 6.42 Å². The van der Waals surface area contributed by atoms with Gasteiger partial charge in [0.25, 0.3) is 0 Å². The number of nitrogens with two attached hydrogens (primary N) is 1. The van der Waals surface area contributed by atoms with Gasteiger partial charge in [0.2, 0.25) is 5.91 Å². The highest BCUT2D eigenvalue weighted by molar-refractivity contribution is 5.90. The van der Waals surface area contributed by atoms with Gasteiger partial charge in [0.1, 0.15) is 5.82 Å². The van der Waals surface area contributed by atoms with Crippen molar-refractivity contribution >= 4 is 17.6 Å². The lowest BCUT2D eigenvalue weighted by Crippen LogP contribution is -2.21. The van der Waals surface area contributed by atoms with Crippen molar-refractivity contribution in [3.8, 4) is 0 Å². The molecule has 0 aliphatic carbocycles. The number of carbonyl (C=O) groups is 2. The van der Waals surface area contributed by atoms with Crippen LogP contribution in [0.5, 0.6) is 0 Å². The average molecular weight is 268 g/mol. The molecule has 0 atom stereocenters. The lowest BCUT2D eigenvalue weighted by atomic mass is 10.2. The van der Waals surface area contributed by atoms with Crippen molar-refractivity contribution in [2.45, 2.75) is 12.8 Å². The van der Waals surface area contributed by atoms with E-state index in [1.165, 1.54) is 17.0 Å². The predicted molar refractivity (Wildman–Crippen MR) is 69.0 cm³/mol. The molecule has 0 heterocycles. The molecule has 1 rings (SSSR count). The van der Waals surface area contributed by atoms with Crippen LogP contribution in [0.3, 0.4) is 0 Å². The molecular weight excluding hydrogens is 251 g/mol. The zero-order chi connectivity index (χ0) is 14.4. The average Bonchev–Trinajstić information content (AvgIpc) is 2.36. The summed E-state index contributed by atoms with van der Waals surface area (Å²) in [5.41, 5.74) is 5.56. The van der Waals surface area contributed by atoms with E-state index in [0.717, 1.165) is 6.07 Å². The predicted octanol–water partition coefficient (Wildman–Crippen LogP) is 1.43. The van der Waals surface area contributed by atoms with Crippen LogP contribution in [0.15, 0.2) is 18.2 Å². The zero-order valence-corrected chi connectivity index (χ0v) is 11.0. The van der Waals surface area contributed by atoms with Crippen molar-refractivity contribution in [3.63, 3.8) is 0 Å². The van der Waals surface area contributed by atoms with E-state index >= 15 is 0 Å². The van der Waals surface area contributed by atoms with Gasteiger partial charge in [-0.25, -0.2) is 9.18 Å². The second-order valence-corrected chi connectivity index (χ2v) is 4.27. The summed E-state index contributed by atoms with van der Waals surface area (Å²) in [6.45, 7) is 0.0622. The maximum Gasteiger partial charge on any atom is 0.341 e. The van der Waals surface area contributed by atoms with Gasteiger partial charge in [0.15, 0.2) is 0 Å². The van der Waals surface area contributed by atoms with Crippen LogP contribution in [0.4, 0.5) is 10.1 Å². The highest BCUT2D eigenvalue weighted by Crippen LogP contribution is 2.13. The molecule has 2 N–H and O–H groups in total. The highest BCUT2D eigenvalue weighted by Gasteiger charge is 2.13. The molecule has 0 saturated heterocycles. The minimum atomic E-state index is -0.776. The molecule has 0 unspecified atom stereocenters. The number of hydrogen-bond donors (Lipinski definition) is 1. The third-order valence-electron chi connectivity index (χ3n) is 2.48. The fraction of sp³-hybridized carbons (Fsp3) is 0.385. The first-order valence-corrected chi connectivity index (χ1v) is 5.84. The van der Waals surface area contributed by atoms with E-state index in [2.05, 4.69) is 0 Å². The zero-order valence-electron chi connectivity index (χ0n) is 11.0. The second kappa shape index (κ2) is 6.72.